The van der Waals surface area contributed by atoms with Gasteiger partial charge < -0.3 is 25.6 Å². The Balaban J connectivity index is 1.73. The van der Waals surface area contributed by atoms with Crippen LogP contribution in [-0.2, 0) is 4.74 Å². The Bertz CT molecular complexity index is 884. The van der Waals surface area contributed by atoms with Crippen LogP contribution in [0.5, 0.6) is 0 Å². The Morgan fingerprint density at radius 3 is 2.50 bits per heavy atom. The molecule has 1 aliphatic rings. The first kappa shape index (κ1) is 21.9. The minimum absolute atomic E-state index is 0.160. The van der Waals surface area contributed by atoms with Gasteiger partial charge in [-0.2, -0.15) is 0 Å². The van der Waals surface area contributed by atoms with E-state index in [9.17, 15) is 9.59 Å². The predicted octanol–water partition coefficient (Wildman–Crippen LogP) is 4.35. The molecule has 0 bridgehead atoms. The van der Waals surface area contributed by atoms with Crippen LogP contribution >= 0.6 is 11.6 Å². The normalized spacial score (nSPS) is 13.2. The maximum Gasteiger partial charge on any atom is 0.323 e. The minimum Gasteiger partial charge on any atom is -0.385 e. The van der Waals surface area contributed by atoms with Crippen molar-refractivity contribution in [2.45, 2.75) is 19.3 Å². The van der Waals surface area contributed by atoms with Crippen molar-refractivity contribution in [3.05, 3.63) is 53.1 Å². The number of carbonyl (C=O) groups excluding carboxylic acids is 2. The predicted molar refractivity (Wildman–Crippen MR) is 121 cm³/mol. The van der Waals surface area contributed by atoms with Gasteiger partial charge in [-0.1, -0.05) is 17.7 Å². The number of nitrogens with one attached hydrogen (secondary N) is 3. The summed E-state index contributed by atoms with van der Waals surface area (Å²) in [5, 5.41) is 9.00. The SMILES string of the molecule is COCCCNC(=O)c1cc(NC(=O)Nc2cccc(Cl)c2)ccc1N1CCCC1. The summed E-state index contributed by atoms with van der Waals surface area (Å²) in [6, 6.07) is 11.9. The minimum atomic E-state index is -0.405. The summed E-state index contributed by atoms with van der Waals surface area (Å²) in [5.74, 6) is -0.160. The second-order valence-electron chi connectivity index (χ2n) is 7.12. The summed E-state index contributed by atoms with van der Waals surface area (Å²) in [4.78, 5) is 27.4. The largest absolute Gasteiger partial charge is 0.385 e. The van der Waals surface area contributed by atoms with Gasteiger partial charge in [-0.05, 0) is 55.7 Å². The number of amides is 3. The number of hydrogen-bond donors (Lipinski definition) is 3. The summed E-state index contributed by atoms with van der Waals surface area (Å²) < 4.78 is 5.03. The Kier molecular flexibility index (Phi) is 7.93. The molecule has 0 saturated carbocycles. The molecule has 3 amide bonds. The zero-order valence-electron chi connectivity index (χ0n) is 17.0. The molecular weight excluding hydrogens is 404 g/mol. The number of benzene rings is 2. The van der Waals surface area contributed by atoms with Crippen molar-refractivity contribution < 1.29 is 14.3 Å². The van der Waals surface area contributed by atoms with E-state index < -0.39 is 6.03 Å². The molecule has 2 aromatic carbocycles. The van der Waals surface area contributed by atoms with Crippen molar-refractivity contribution in [1.29, 1.82) is 0 Å². The van der Waals surface area contributed by atoms with E-state index in [2.05, 4.69) is 20.9 Å². The van der Waals surface area contributed by atoms with Crippen LogP contribution < -0.4 is 20.9 Å². The molecule has 1 fully saturated rings. The van der Waals surface area contributed by atoms with Crippen molar-refractivity contribution in [2.75, 3.05) is 48.9 Å². The Hall–Kier alpha value is -2.77. The maximum atomic E-state index is 12.8. The number of carbonyl (C=O) groups is 2. The fourth-order valence-corrected chi connectivity index (χ4v) is 3.59. The molecule has 0 radical (unpaired) electrons. The van der Waals surface area contributed by atoms with Gasteiger partial charge in [0.05, 0.1) is 5.56 Å². The van der Waals surface area contributed by atoms with E-state index in [-0.39, 0.29) is 5.91 Å². The van der Waals surface area contributed by atoms with E-state index >= 15 is 0 Å². The van der Waals surface area contributed by atoms with Gasteiger partial charge in [-0.15, -0.1) is 0 Å². The zero-order chi connectivity index (χ0) is 21.3. The summed E-state index contributed by atoms with van der Waals surface area (Å²) in [6.07, 6.45) is 2.95. The Labute approximate surface area is 181 Å². The Morgan fingerprint density at radius 2 is 1.80 bits per heavy atom. The first-order chi connectivity index (χ1) is 14.6. The lowest BCUT2D eigenvalue weighted by molar-refractivity contribution is 0.0949. The lowest BCUT2D eigenvalue weighted by atomic mass is 10.1. The zero-order valence-corrected chi connectivity index (χ0v) is 17.8. The van der Waals surface area contributed by atoms with Crippen LogP contribution in [0, 0.1) is 0 Å². The van der Waals surface area contributed by atoms with Crippen molar-refractivity contribution in [2.24, 2.45) is 0 Å². The molecule has 0 atom stereocenters. The highest BCUT2D eigenvalue weighted by molar-refractivity contribution is 6.30. The van der Waals surface area contributed by atoms with E-state index in [0.29, 0.717) is 35.1 Å². The molecule has 0 aromatic heterocycles. The smallest absolute Gasteiger partial charge is 0.323 e. The van der Waals surface area contributed by atoms with Crippen molar-refractivity contribution in [1.82, 2.24) is 5.32 Å². The third-order valence-electron chi connectivity index (χ3n) is 4.84. The van der Waals surface area contributed by atoms with Crippen LogP contribution in [0.4, 0.5) is 21.9 Å². The van der Waals surface area contributed by atoms with Gasteiger partial charge in [-0.25, -0.2) is 4.79 Å². The van der Waals surface area contributed by atoms with Gasteiger partial charge in [0.25, 0.3) is 5.91 Å². The van der Waals surface area contributed by atoms with Gasteiger partial charge in [0.1, 0.15) is 0 Å². The number of ether oxygens (including phenoxy) is 1. The van der Waals surface area contributed by atoms with Crippen molar-refractivity contribution in [3.8, 4) is 0 Å². The topological polar surface area (TPSA) is 82.7 Å². The lowest BCUT2D eigenvalue weighted by Gasteiger charge is -2.22. The van der Waals surface area contributed by atoms with Gasteiger partial charge in [0.15, 0.2) is 0 Å². The van der Waals surface area contributed by atoms with E-state index in [1.165, 1.54) is 0 Å². The van der Waals surface area contributed by atoms with Crippen LogP contribution in [-0.4, -0.2) is 45.3 Å². The monoisotopic (exact) mass is 430 g/mol. The molecule has 0 unspecified atom stereocenters. The highest BCUT2D eigenvalue weighted by atomic mass is 35.5. The summed E-state index contributed by atoms with van der Waals surface area (Å²) in [6.45, 7) is 2.96. The average molecular weight is 431 g/mol. The van der Waals surface area contributed by atoms with Gasteiger partial charge >= 0.3 is 6.03 Å². The number of methoxy groups -OCH3 is 1. The molecule has 2 aromatic rings. The van der Waals surface area contributed by atoms with Crippen LogP contribution in [0.2, 0.25) is 5.02 Å². The average Bonchev–Trinajstić information content (AvgIpc) is 3.25. The highest BCUT2D eigenvalue weighted by Crippen LogP contribution is 2.28. The number of hydrogen-bond acceptors (Lipinski definition) is 4. The van der Waals surface area contributed by atoms with E-state index in [1.807, 2.05) is 12.1 Å². The molecule has 0 spiro atoms. The number of nitrogens with zero attached hydrogens (tertiary/aromatic N) is 1. The summed E-state index contributed by atoms with van der Waals surface area (Å²) in [5.41, 5.74) is 2.57. The second-order valence-corrected chi connectivity index (χ2v) is 7.55. The maximum absolute atomic E-state index is 12.8. The molecule has 8 heteroatoms. The molecule has 3 N–H and O–H groups in total. The Morgan fingerprint density at radius 1 is 1.07 bits per heavy atom. The molecule has 7 nitrogen and oxygen atoms in total. The quantitative estimate of drug-likeness (QED) is 0.544. The lowest BCUT2D eigenvalue weighted by Crippen LogP contribution is -2.29. The van der Waals surface area contributed by atoms with E-state index in [1.54, 1.807) is 37.4 Å². The first-order valence-electron chi connectivity index (χ1n) is 10.1. The molecule has 1 saturated heterocycles. The molecule has 30 heavy (non-hydrogen) atoms. The second kappa shape index (κ2) is 10.8. The van der Waals surface area contributed by atoms with Crippen LogP contribution in [0.25, 0.3) is 0 Å². The number of rotatable bonds is 8. The third-order valence-corrected chi connectivity index (χ3v) is 5.07. The van der Waals surface area contributed by atoms with Crippen LogP contribution in [0.3, 0.4) is 0 Å². The number of anilines is 3. The fourth-order valence-electron chi connectivity index (χ4n) is 3.40. The molecule has 160 valence electrons. The molecular formula is C22H27ClN4O3. The number of urea groups is 1. The van der Waals surface area contributed by atoms with Crippen molar-refractivity contribution >= 4 is 40.6 Å². The third kappa shape index (κ3) is 6.11. The number of halogens is 1. The molecule has 0 aliphatic carbocycles. The van der Waals surface area contributed by atoms with Crippen molar-refractivity contribution in [3.63, 3.8) is 0 Å². The highest BCUT2D eigenvalue weighted by Gasteiger charge is 2.20. The molecule has 3 rings (SSSR count). The van der Waals surface area contributed by atoms with Gasteiger partial charge in [0.2, 0.25) is 0 Å². The van der Waals surface area contributed by atoms with Gasteiger partial charge in [-0.3, -0.25) is 4.79 Å². The molecule has 1 heterocycles. The van der Waals surface area contributed by atoms with Crippen LogP contribution in [0.1, 0.15) is 29.6 Å². The summed E-state index contributed by atoms with van der Waals surface area (Å²) in [7, 11) is 1.64. The standard InChI is InChI=1S/C22H27ClN4O3/c1-30-13-5-10-24-21(28)19-15-18(8-9-20(19)27-11-2-3-12-27)26-22(29)25-17-7-4-6-16(23)14-17/h4,6-9,14-15H,2-3,5,10-13H2,1H3,(H,24,28)(H2,25,26,29). The molecule has 1 aliphatic heterocycles. The summed E-state index contributed by atoms with van der Waals surface area (Å²) >= 11 is 5.96. The fraction of sp³-hybridized carbons (Fsp3) is 0.364. The first-order valence-corrected chi connectivity index (χ1v) is 10.4. The van der Waals surface area contributed by atoms with E-state index in [4.69, 9.17) is 16.3 Å². The van der Waals surface area contributed by atoms with E-state index in [0.717, 1.165) is 38.0 Å². The van der Waals surface area contributed by atoms with Crippen LogP contribution in [0.15, 0.2) is 42.5 Å². The van der Waals surface area contributed by atoms with Gasteiger partial charge in [0, 0.05) is 55.4 Å².